The zero-order chi connectivity index (χ0) is 21.2. The highest BCUT2D eigenvalue weighted by molar-refractivity contribution is 5.86. The molecule has 0 unspecified atom stereocenters. The van der Waals surface area contributed by atoms with Crippen LogP contribution in [-0.4, -0.2) is 53.6 Å². The Bertz CT molecular complexity index is 609. The average Bonchev–Trinajstić information content (AvgIpc) is 2.89. The van der Waals surface area contributed by atoms with Crippen molar-refractivity contribution >= 4 is 11.9 Å². The Morgan fingerprint density at radius 2 is 2.07 bits per heavy atom. The summed E-state index contributed by atoms with van der Waals surface area (Å²) in [7, 11) is 1.34. The maximum atomic E-state index is 13.9. The van der Waals surface area contributed by atoms with Crippen molar-refractivity contribution in [1.29, 1.82) is 0 Å². The number of aliphatic hydroxyl groups excluding tert-OH is 1. The van der Waals surface area contributed by atoms with Crippen molar-refractivity contribution < 1.29 is 28.2 Å². The Hall–Kier alpha value is -1.94. The fraction of sp³-hybridized carbons (Fsp3) is 0.714. The monoisotopic (exact) mass is 399 g/mol. The Morgan fingerprint density at radius 3 is 2.71 bits per heavy atom. The van der Waals surface area contributed by atoms with E-state index in [9.17, 15) is 23.5 Å². The van der Waals surface area contributed by atoms with Gasteiger partial charge in [-0.25, -0.2) is 0 Å². The van der Waals surface area contributed by atoms with E-state index in [0.717, 1.165) is 12.8 Å². The van der Waals surface area contributed by atoms with E-state index in [4.69, 9.17) is 0 Å². The van der Waals surface area contributed by atoms with Crippen LogP contribution in [0.2, 0.25) is 0 Å². The van der Waals surface area contributed by atoms with E-state index in [1.807, 2.05) is 6.92 Å². The summed E-state index contributed by atoms with van der Waals surface area (Å²) in [6.07, 6.45) is 5.23. The number of rotatable bonds is 11. The number of hydrogen-bond donors (Lipinski definition) is 1. The first-order chi connectivity index (χ1) is 13.2. The zero-order valence-electron chi connectivity index (χ0n) is 16.9. The minimum atomic E-state index is -3.37. The van der Waals surface area contributed by atoms with Crippen LogP contribution in [0, 0.1) is 17.8 Å². The van der Waals surface area contributed by atoms with Gasteiger partial charge in [-0.2, -0.15) is 8.78 Å². The second-order valence-corrected chi connectivity index (χ2v) is 7.20. The van der Waals surface area contributed by atoms with Crippen molar-refractivity contribution in [2.45, 2.75) is 76.9 Å². The van der Waals surface area contributed by atoms with Crippen LogP contribution in [0.1, 0.15) is 58.8 Å². The summed E-state index contributed by atoms with van der Waals surface area (Å²) in [6, 6.07) is -0.725. The van der Waals surface area contributed by atoms with Gasteiger partial charge in [-0.3, -0.25) is 9.59 Å². The number of alkyl halides is 2. The molecule has 5 nitrogen and oxygen atoms in total. The number of aliphatic hydroxyl groups is 1. The maximum Gasteiger partial charge on any atom is 0.327 e. The third kappa shape index (κ3) is 7.59. The Labute approximate surface area is 166 Å². The lowest BCUT2D eigenvalue weighted by Gasteiger charge is -2.22. The number of unbranched alkanes of at least 4 members (excludes halogenated alkanes) is 3. The fourth-order valence-electron chi connectivity index (χ4n) is 3.08. The third-order valence-corrected chi connectivity index (χ3v) is 4.91. The molecule has 0 radical (unpaired) electrons. The molecule has 1 N–H and O–H groups in total. The number of methoxy groups -OCH3 is 1. The molecular formula is C21H31F2NO4. The molecule has 0 saturated carbocycles. The van der Waals surface area contributed by atoms with E-state index >= 15 is 0 Å². The minimum Gasteiger partial charge on any atom is -0.469 e. The minimum absolute atomic E-state index is 0.121. The number of nitrogens with zero attached hydrogens (tertiary/aromatic N) is 1. The first kappa shape index (κ1) is 24.1. The maximum absolute atomic E-state index is 13.9. The number of carbonyl (C=O) groups is 2. The molecule has 1 amide bonds. The van der Waals surface area contributed by atoms with Gasteiger partial charge in [0.1, 0.15) is 0 Å². The molecule has 1 heterocycles. The molecule has 0 bridgehead atoms. The second kappa shape index (κ2) is 11.8. The van der Waals surface area contributed by atoms with Crippen LogP contribution in [-0.2, 0) is 14.3 Å². The summed E-state index contributed by atoms with van der Waals surface area (Å²) >= 11 is 0. The fourth-order valence-corrected chi connectivity index (χ4v) is 3.08. The number of hydrogen-bond acceptors (Lipinski definition) is 4. The van der Waals surface area contributed by atoms with Crippen molar-refractivity contribution in [3.8, 4) is 11.8 Å². The quantitative estimate of drug-likeness (QED) is 0.251. The van der Waals surface area contributed by atoms with Crippen molar-refractivity contribution in [1.82, 2.24) is 4.90 Å². The molecule has 0 aliphatic carbocycles. The molecular weight excluding hydrogens is 368 g/mol. The highest BCUT2D eigenvalue weighted by atomic mass is 19.3. The summed E-state index contributed by atoms with van der Waals surface area (Å²) in [6.45, 7) is 3.78. The lowest BCUT2D eigenvalue weighted by Crippen LogP contribution is -2.36. The lowest BCUT2D eigenvalue weighted by atomic mass is 10.00. The van der Waals surface area contributed by atoms with Gasteiger partial charge in [-0.1, -0.05) is 31.9 Å². The van der Waals surface area contributed by atoms with Crippen molar-refractivity contribution in [2.24, 2.45) is 5.92 Å². The molecule has 1 rings (SSSR count). The van der Waals surface area contributed by atoms with Crippen LogP contribution in [0.15, 0.2) is 12.2 Å². The van der Waals surface area contributed by atoms with Gasteiger partial charge in [0.25, 0.3) is 5.91 Å². The highest BCUT2D eigenvalue weighted by Gasteiger charge is 2.52. The summed E-state index contributed by atoms with van der Waals surface area (Å²) in [5.41, 5.74) is 0. The van der Waals surface area contributed by atoms with Gasteiger partial charge in [0.15, 0.2) is 0 Å². The first-order valence-corrected chi connectivity index (χ1v) is 9.74. The van der Waals surface area contributed by atoms with Crippen LogP contribution < -0.4 is 0 Å². The average molecular weight is 399 g/mol. The van der Waals surface area contributed by atoms with Crippen molar-refractivity contribution in [3.63, 3.8) is 0 Å². The lowest BCUT2D eigenvalue weighted by molar-refractivity contribution is -0.148. The number of halogens is 2. The van der Waals surface area contributed by atoms with Crippen LogP contribution in [0.5, 0.6) is 0 Å². The first-order valence-electron chi connectivity index (χ1n) is 9.74. The molecule has 1 aliphatic heterocycles. The van der Waals surface area contributed by atoms with Gasteiger partial charge in [0.2, 0.25) is 0 Å². The number of ether oxygens (including phenoxy) is 1. The van der Waals surface area contributed by atoms with Crippen LogP contribution in [0.4, 0.5) is 8.78 Å². The normalized spacial score (nSPS) is 20.7. The topological polar surface area (TPSA) is 66.8 Å². The molecule has 0 aromatic rings. The van der Waals surface area contributed by atoms with E-state index in [0.29, 0.717) is 25.7 Å². The van der Waals surface area contributed by atoms with Gasteiger partial charge in [-0.05, 0) is 25.7 Å². The van der Waals surface area contributed by atoms with Gasteiger partial charge >= 0.3 is 11.9 Å². The van der Waals surface area contributed by atoms with E-state index < -0.39 is 30.4 Å². The van der Waals surface area contributed by atoms with Gasteiger partial charge in [0, 0.05) is 25.8 Å². The predicted octanol–water partition coefficient (Wildman–Crippen LogP) is 3.31. The van der Waals surface area contributed by atoms with Crippen molar-refractivity contribution in [2.75, 3.05) is 13.7 Å². The smallest absolute Gasteiger partial charge is 0.327 e. The van der Waals surface area contributed by atoms with E-state index in [1.165, 1.54) is 24.2 Å². The van der Waals surface area contributed by atoms with Gasteiger partial charge < -0.3 is 14.7 Å². The summed E-state index contributed by atoms with van der Waals surface area (Å²) in [5.74, 6) is 0.728. The largest absolute Gasteiger partial charge is 0.469 e. The number of likely N-dealkylation sites (tertiary alicyclic amines) is 1. The standard InChI is InChI=1S/C21H31F2NO4/c1-4-5-10-16(2)18(25)13-12-17-15-21(22,23)20(27)24(17)14-9-7-6-8-11-19(26)28-3/h12-13,16-18,25H,6-11,14-15H2,1-3H3/t16-,17+,18+/m1/s1. The van der Waals surface area contributed by atoms with E-state index in [1.54, 1.807) is 6.92 Å². The molecule has 1 aliphatic rings. The Kier molecular flexibility index (Phi) is 10.2. The zero-order valence-corrected chi connectivity index (χ0v) is 16.9. The molecule has 0 spiro atoms. The molecule has 7 heteroatoms. The van der Waals surface area contributed by atoms with Crippen molar-refractivity contribution in [3.05, 3.63) is 12.2 Å². The van der Waals surface area contributed by atoms with Gasteiger partial charge in [-0.15, -0.1) is 11.8 Å². The molecule has 158 valence electrons. The van der Waals surface area contributed by atoms with E-state index in [-0.39, 0.29) is 18.4 Å². The number of carbonyl (C=O) groups excluding carboxylic acids is 2. The Balaban J connectivity index is 2.55. The summed E-state index contributed by atoms with van der Waals surface area (Å²) < 4.78 is 32.3. The summed E-state index contributed by atoms with van der Waals surface area (Å²) in [5, 5.41) is 10.1. The van der Waals surface area contributed by atoms with Gasteiger partial charge in [0.05, 0.1) is 19.3 Å². The van der Waals surface area contributed by atoms with Crippen LogP contribution in [0.3, 0.4) is 0 Å². The second-order valence-electron chi connectivity index (χ2n) is 7.20. The van der Waals surface area contributed by atoms with Crippen LogP contribution in [0.25, 0.3) is 0 Å². The summed E-state index contributed by atoms with van der Waals surface area (Å²) in [4.78, 5) is 24.3. The molecule has 28 heavy (non-hydrogen) atoms. The van der Waals surface area contributed by atoms with E-state index in [2.05, 4.69) is 16.6 Å². The molecule has 3 atom stereocenters. The Morgan fingerprint density at radius 1 is 1.39 bits per heavy atom. The third-order valence-electron chi connectivity index (χ3n) is 4.91. The molecule has 1 fully saturated rings. The van der Waals surface area contributed by atoms with Crippen LogP contribution >= 0.6 is 0 Å². The molecule has 1 saturated heterocycles. The molecule has 0 aromatic carbocycles. The predicted molar refractivity (Wildman–Crippen MR) is 103 cm³/mol. The number of esters is 1. The highest BCUT2D eigenvalue weighted by Crippen LogP contribution is 2.34. The number of amides is 1. The molecule has 0 aromatic heterocycles. The SMILES string of the molecule is CC#CC[C@@H](C)[C@@H](O)C=C[C@H]1CC(F)(F)C(=O)N1CCCCCCC(=O)OC.